The molecule has 1 fully saturated rings. The number of anilines is 1. The van der Waals surface area contributed by atoms with E-state index in [0.29, 0.717) is 18.8 Å². The normalized spacial score (nSPS) is 17.1. The molecule has 1 atom stereocenters. The predicted octanol–water partition coefficient (Wildman–Crippen LogP) is 2.18. The molecule has 1 saturated heterocycles. The molecule has 3 rings (SSSR count). The highest BCUT2D eigenvalue weighted by Crippen LogP contribution is 2.27. The summed E-state index contributed by atoms with van der Waals surface area (Å²) in [5, 5.41) is 2.53. The van der Waals surface area contributed by atoms with Gasteiger partial charge in [-0.15, -0.1) is 0 Å². The third kappa shape index (κ3) is 3.53. The maximum absolute atomic E-state index is 13.3. The molecule has 1 N–H and O–H groups in total. The van der Waals surface area contributed by atoms with Crippen LogP contribution in [0.25, 0.3) is 0 Å². The van der Waals surface area contributed by atoms with Crippen molar-refractivity contribution in [2.45, 2.75) is 12.3 Å². The quantitative estimate of drug-likeness (QED) is 0.864. The van der Waals surface area contributed by atoms with Crippen LogP contribution in [0.1, 0.15) is 17.9 Å². The molecule has 0 spiro atoms. The second-order valence-electron chi connectivity index (χ2n) is 5.49. The number of aromatic nitrogens is 1. The van der Waals surface area contributed by atoms with E-state index >= 15 is 0 Å². The summed E-state index contributed by atoms with van der Waals surface area (Å²) in [5.41, 5.74) is 1.33. The van der Waals surface area contributed by atoms with Crippen molar-refractivity contribution in [3.63, 3.8) is 0 Å². The summed E-state index contributed by atoms with van der Waals surface area (Å²) in [5.74, 6) is -1.49. The summed E-state index contributed by atoms with van der Waals surface area (Å²) in [4.78, 5) is 29.6. The van der Waals surface area contributed by atoms with Crippen LogP contribution in [-0.4, -0.2) is 34.8 Å². The van der Waals surface area contributed by atoms with E-state index in [0.717, 1.165) is 12.0 Å². The van der Waals surface area contributed by atoms with Gasteiger partial charge >= 0.3 is 11.8 Å². The third-order valence-electron chi connectivity index (χ3n) is 3.91. The Bertz CT molecular complexity index is 721. The molecular weight excluding hydrogens is 297 g/mol. The monoisotopic (exact) mass is 313 g/mol. The number of carbonyl (C=O) groups excluding carboxylic acids is 2. The minimum Gasteiger partial charge on any atom is -0.334 e. The molecule has 1 aromatic carbocycles. The van der Waals surface area contributed by atoms with Crippen molar-refractivity contribution in [2.75, 3.05) is 18.4 Å². The summed E-state index contributed by atoms with van der Waals surface area (Å²) in [6.45, 7) is 0.906. The van der Waals surface area contributed by atoms with Gasteiger partial charge in [0.1, 0.15) is 5.82 Å². The van der Waals surface area contributed by atoms with E-state index in [1.165, 1.54) is 23.2 Å². The summed E-state index contributed by atoms with van der Waals surface area (Å²) in [7, 11) is 0. The standard InChI is InChI=1S/C17H16FN3O2/c18-14-4-1-3-12(9-14)13-6-8-21(11-13)17(23)16(22)20-15-5-2-7-19-10-15/h1-5,7,9-10,13H,6,8,11H2,(H,20,22)/t13-/m1/s1. The Morgan fingerprint density at radius 1 is 1.26 bits per heavy atom. The van der Waals surface area contributed by atoms with Crippen LogP contribution in [0, 0.1) is 5.82 Å². The first-order valence-corrected chi connectivity index (χ1v) is 7.39. The average Bonchev–Trinajstić information content (AvgIpc) is 3.05. The van der Waals surface area contributed by atoms with Gasteiger partial charge in [-0.05, 0) is 36.2 Å². The first-order valence-electron chi connectivity index (χ1n) is 7.39. The summed E-state index contributed by atoms with van der Waals surface area (Å²) in [6, 6.07) is 9.71. The fraction of sp³-hybridized carbons (Fsp3) is 0.235. The second kappa shape index (κ2) is 6.56. The molecule has 0 aliphatic carbocycles. The van der Waals surface area contributed by atoms with Gasteiger partial charge in [-0.25, -0.2) is 4.39 Å². The summed E-state index contributed by atoms with van der Waals surface area (Å²) < 4.78 is 13.3. The molecular formula is C17H16FN3O2. The van der Waals surface area contributed by atoms with E-state index in [2.05, 4.69) is 10.3 Å². The Morgan fingerprint density at radius 2 is 2.13 bits per heavy atom. The SMILES string of the molecule is O=C(Nc1cccnc1)C(=O)N1CC[C@@H](c2cccc(F)c2)C1. The molecule has 5 nitrogen and oxygen atoms in total. The van der Waals surface area contributed by atoms with Gasteiger partial charge in [0.15, 0.2) is 0 Å². The number of carbonyl (C=O) groups is 2. The molecule has 0 bridgehead atoms. The van der Waals surface area contributed by atoms with Gasteiger partial charge in [0.05, 0.1) is 11.9 Å². The van der Waals surface area contributed by atoms with Gasteiger partial charge in [0, 0.05) is 25.2 Å². The number of hydrogen-bond acceptors (Lipinski definition) is 3. The van der Waals surface area contributed by atoms with Crippen LogP contribution in [0.15, 0.2) is 48.8 Å². The van der Waals surface area contributed by atoms with E-state index in [-0.39, 0.29) is 11.7 Å². The second-order valence-corrected chi connectivity index (χ2v) is 5.49. The minimum atomic E-state index is -0.683. The number of hydrogen-bond donors (Lipinski definition) is 1. The van der Waals surface area contributed by atoms with Crippen molar-refractivity contribution >= 4 is 17.5 Å². The Hall–Kier alpha value is -2.76. The molecule has 118 valence electrons. The zero-order valence-electron chi connectivity index (χ0n) is 12.4. The lowest BCUT2D eigenvalue weighted by Gasteiger charge is -2.16. The fourth-order valence-corrected chi connectivity index (χ4v) is 2.74. The molecule has 1 aliphatic heterocycles. The Morgan fingerprint density at radius 3 is 2.87 bits per heavy atom. The first kappa shape index (κ1) is 15.1. The van der Waals surface area contributed by atoms with Gasteiger partial charge in [-0.1, -0.05) is 12.1 Å². The van der Waals surface area contributed by atoms with Crippen LogP contribution in [0.4, 0.5) is 10.1 Å². The van der Waals surface area contributed by atoms with E-state index in [1.807, 2.05) is 6.07 Å². The van der Waals surface area contributed by atoms with Crippen molar-refractivity contribution in [3.8, 4) is 0 Å². The van der Waals surface area contributed by atoms with Crippen LogP contribution in [-0.2, 0) is 9.59 Å². The van der Waals surface area contributed by atoms with E-state index in [9.17, 15) is 14.0 Å². The number of pyridine rings is 1. The maximum Gasteiger partial charge on any atom is 0.313 e. The molecule has 2 aromatic rings. The van der Waals surface area contributed by atoms with Crippen LogP contribution in [0.2, 0.25) is 0 Å². The van der Waals surface area contributed by atoms with E-state index < -0.39 is 11.8 Å². The lowest BCUT2D eigenvalue weighted by atomic mass is 9.98. The summed E-state index contributed by atoms with van der Waals surface area (Å²) in [6.07, 6.45) is 3.78. The van der Waals surface area contributed by atoms with Crippen LogP contribution in [0.3, 0.4) is 0 Å². The van der Waals surface area contributed by atoms with Gasteiger partial charge in [0.25, 0.3) is 0 Å². The molecule has 1 aliphatic rings. The predicted molar refractivity (Wildman–Crippen MR) is 83.2 cm³/mol. The zero-order chi connectivity index (χ0) is 16.2. The Kier molecular flexibility index (Phi) is 4.32. The highest BCUT2D eigenvalue weighted by Gasteiger charge is 2.30. The first-order chi connectivity index (χ1) is 11.1. The number of benzene rings is 1. The molecule has 1 aromatic heterocycles. The zero-order valence-corrected chi connectivity index (χ0v) is 12.4. The lowest BCUT2D eigenvalue weighted by molar-refractivity contribution is -0.142. The van der Waals surface area contributed by atoms with Crippen LogP contribution >= 0.6 is 0 Å². The molecule has 6 heteroatoms. The highest BCUT2D eigenvalue weighted by molar-refractivity contribution is 6.39. The van der Waals surface area contributed by atoms with Crippen molar-refractivity contribution in [1.82, 2.24) is 9.88 Å². The minimum absolute atomic E-state index is 0.0563. The highest BCUT2D eigenvalue weighted by atomic mass is 19.1. The van der Waals surface area contributed by atoms with Crippen molar-refractivity contribution in [2.24, 2.45) is 0 Å². The van der Waals surface area contributed by atoms with Gasteiger partial charge in [0.2, 0.25) is 0 Å². The number of nitrogens with zero attached hydrogens (tertiary/aromatic N) is 2. The number of halogens is 1. The molecule has 2 amide bonds. The lowest BCUT2D eigenvalue weighted by Crippen LogP contribution is -2.38. The number of rotatable bonds is 2. The number of likely N-dealkylation sites (tertiary alicyclic amines) is 1. The Balaban J connectivity index is 1.62. The van der Waals surface area contributed by atoms with Crippen molar-refractivity contribution in [3.05, 3.63) is 60.2 Å². The molecule has 23 heavy (non-hydrogen) atoms. The molecule has 2 heterocycles. The average molecular weight is 313 g/mol. The largest absolute Gasteiger partial charge is 0.334 e. The topological polar surface area (TPSA) is 62.3 Å². The van der Waals surface area contributed by atoms with E-state index in [1.54, 1.807) is 24.4 Å². The maximum atomic E-state index is 13.3. The van der Waals surface area contributed by atoms with Gasteiger partial charge < -0.3 is 10.2 Å². The Labute approximate surface area is 133 Å². The third-order valence-corrected chi connectivity index (χ3v) is 3.91. The number of amides is 2. The van der Waals surface area contributed by atoms with Crippen molar-refractivity contribution < 1.29 is 14.0 Å². The summed E-state index contributed by atoms with van der Waals surface area (Å²) >= 11 is 0. The smallest absolute Gasteiger partial charge is 0.313 e. The molecule has 0 saturated carbocycles. The van der Waals surface area contributed by atoms with Crippen molar-refractivity contribution in [1.29, 1.82) is 0 Å². The van der Waals surface area contributed by atoms with Crippen LogP contribution < -0.4 is 5.32 Å². The van der Waals surface area contributed by atoms with Gasteiger partial charge in [-0.3, -0.25) is 14.6 Å². The van der Waals surface area contributed by atoms with Gasteiger partial charge in [-0.2, -0.15) is 0 Å². The molecule has 0 radical (unpaired) electrons. The molecule has 0 unspecified atom stereocenters. The van der Waals surface area contributed by atoms with E-state index in [4.69, 9.17) is 0 Å². The fourth-order valence-electron chi connectivity index (χ4n) is 2.74. The number of nitrogens with one attached hydrogen (secondary N) is 1. The van der Waals surface area contributed by atoms with Crippen LogP contribution in [0.5, 0.6) is 0 Å².